The highest BCUT2D eigenvalue weighted by atomic mass is 28.2. The molecule has 0 aromatic heterocycles. The minimum Gasteiger partial charge on any atom is -0.109 e. The van der Waals surface area contributed by atoms with E-state index in [-0.39, 0.29) is 0 Å². The van der Waals surface area contributed by atoms with Crippen LogP contribution in [0.5, 0.6) is 0 Å². The molecule has 0 aromatic rings. The Hall–Kier alpha value is 0.0869. The fraction of sp³-hybridized carbons (Fsp3) is 0.833. The zero-order valence-corrected chi connectivity index (χ0v) is 6.81. The minimum absolute atomic E-state index is 0.567. The fourth-order valence-corrected chi connectivity index (χ4v) is 1.50. The van der Waals surface area contributed by atoms with E-state index in [4.69, 9.17) is 0 Å². The summed E-state index contributed by atoms with van der Waals surface area (Å²) in [5, 5.41) is 0.578. The Balaban J connectivity index is 3.56. The van der Waals surface area contributed by atoms with Gasteiger partial charge in [-0.15, -0.1) is 5.67 Å². The average Bonchev–Trinajstić information content (AvgIpc) is 1.30. The van der Waals surface area contributed by atoms with Gasteiger partial charge in [0.05, 0.1) is 0 Å². The van der Waals surface area contributed by atoms with Crippen molar-refractivity contribution >= 4 is 14.8 Å². The Morgan fingerprint density at radius 3 is 1.71 bits per heavy atom. The van der Waals surface area contributed by atoms with E-state index in [0.717, 1.165) is 0 Å². The van der Waals surface area contributed by atoms with E-state index in [0.29, 0.717) is 14.2 Å². The van der Waals surface area contributed by atoms with Crippen molar-refractivity contribution in [3.63, 3.8) is 0 Å². The van der Waals surface area contributed by atoms with E-state index in [1.165, 1.54) is 0 Å². The molecule has 0 heterocycles. The van der Waals surface area contributed by atoms with Gasteiger partial charge in [-0.25, -0.2) is 0 Å². The molecule has 0 amide bonds. The SMILES string of the molecule is CC=[SiH]C(C)(C)C. The molecular formula is C6H14Si. The van der Waals surface area contributed by atoms with Gasteiger partial charge in [0.25, 0.3) is 0 Å². The zero-order valence-electron chi connectivity index (χ0n) is 5.65. The zero-order chi connectivity index (χ0) is 5.91. The molecular weight excluding hydrogens is 100 g/mol. The maximum atomic E-state index is 2.29. The Morgan fingerprint density at radius 2 is 1.71 bits per heavy atom. The summed E-state index contributed by atoms with van der Waals surface area (Å²) in [6, 6.07) is 0. The van der Waals surface area contributed by atoms with Gasteiger partial charge in [0, 0.05) is 0 Å². The van der Waals surface area contributed by atoms with Gasteiger partial charge in [-0.3, -0.25) is 0 Å². The van der Waals surface area contributed by atoms with Gasteiger partial charge >= 0.3 is 0 Å². The van der Waals surface area contributed by atoms with E-state index in [1.807, 2.05) is 0 Å². The van der Waals surface area contributed by atoms with Crippen molar-refractivity contribution in [1.29, 1.82) is 0 Å². The van der Waals surface area contributed by atoms with E-state index in [1.54, 1.807) is 0 Å². The second-order valence-electron chi connectivity index (χ2n) is 2.87. The molecule has 0 nitrogen and oxygen atoms in total. The quantitative estimate of drug-likeness (QED) is 0.418. The van der Waals surface area contributed by atoms with Crippen LogP contribution in [0, 0.1) is 0 Å². The molecule has 0 unspecified atom stereocenters. The summed E-state index contributed by atoms with van der Waals surface area (Å²) < 4.78 is 0. The van der Waals surface area contributed by atoms with Crippen molar-refractivity contribution in [3.05, 3.63) is 0 Å². The predicted molar refractivity (Wildman–Crippen MR) is 38.6 cm³/mol. The largest absolute Gasteiger partial charge is 0.109 e. The highest BCUT2D eigenvalue weighted by Crippen LogP contribution is 2.15. The van der Waals surface area contributed by atoms with Gasteiger partial charge in [0.15, 0.2) is 0 Å². The van der Waals surface area contributed by atoms with Gasteiger partial charge in [-0.1, -0.05) is 27.7 Å². The van der Waals surface area contributed by atoms with Crippen LogP contribution in [0.25, 0.3) is 0 Å². The molecule has 42 valence electrons. The van der Waals surface area contributed by atoms with Crippen LogP contribution in [-0.4, -0.2) is 14.8 Å². The van der Waals surface area contributed by atoms with Crippen molar-refractivity contribution in [1.82, 2.24) is 0 Å². The van der Waals surface area contributed by atoms with Gasteiger partial charge < -0.3 is 0 Å². The van der Waals surface area contributed by atoms with Crippen LogP contribution in [0.15, 0.2) is 0 Å². The third-order valence-corrected chi connectivity index (χ3v) is 2.00. The lowest BCUT2D eigenvalue weighted by Gasteiger charge is -2.08. The third-order valence-electron chi connectivity index (χ3n) is 0.667. The Morgan fingerprint density at radius 1 is 1.29 bits per heavy atom. The summed E-state index contributed by atoms with van der Waals surface area (Å²) in [6.07, 6.45) is 0. The maximum absolute atomic E-state index is 2.29. The smallest absolute Gasteiger partial charge is 0.00642 e. The average molecular weight is 114 g/mol. The summed E-state index contributed by atoms with van der Waals surface area (Å²) in [5.41, 5.74) is 2.29. The lowest BCUT2D eigenvalue weighted by molar-refractivity contribution is 0.764. The monoisotopic (exact) mass is 114 g/mol. The molecule has 0 spiro atoms. The molecule has 0 aliphatic carbocycles. The minimum atomic E-state index is 0.567. The van der Waals surface area contributed by atoms with E-state index in [9.17, 15) is 0 Å². The van der Waals surface area contributed by atoms with Crippen LogP contribution < -0.4 is 0 Å². The highest BCUT2D eigenvalue weighted by molar-refractivity contribution is 6.49. The molecule has 0 atom stereocenters. The van der Waals surface area contributed by atoms with Crippen LogP contribution in [0.2, 0.25) is 5.04 Å². The third kappa shape index (κ3) is 6.09. The maximum Gasteiger partial charge on any atom is -0.00642 e. The lowest BCUT2D eigenvalue weighted by atomic mass is 10.3. The van der Waals surface area contributed by atoms with Crippen LogP contribution in [0.3, 0.4) is 0 Å². The Kier molecular flexibility index (Phi) is 2.44. The predicted octanol–water partition coefficient (Wildman–Crippen LogP) is 1.46. The molecule has 1 heteroatoms. The van der Waals surface area contributed by atoms with E-state index < -0.39 is 0 Å². The van der Waals surface area contributed by atoms with Gasteiger partial charge in [-0.05, 0) is 14.2 Å². The molecule has 0 rings (SSSR count). The normalized spacial score (nSPS) is 13.1. The molecule has 0 N–H and O–H groups in total. The first-order chi connectivity index (χ1) is 3.06. The first-order valence-electron chi connectivity index (χ1n) is 2.70. The van der Waals surface area contributed by atoms with Crippen molar-refractivity contribution in [3.8, 4) is 0 Å². The van der Waals surface area contributed by atoms with Gasteiger partial charge in [0.2, 0.25) is 0 Å². The van der Waals surface area contributed by atoms with E-state index >= 15 is 0 Å². The summed E-state index contributed by atoms with van der Waals surface area (Å²) in [6.45, 7) is 8.98. The molecule has 0 aliphatic rings. The van der Waals surface area contributed by atoms with Crippen LogP contribution in [0.4, 0.5) is 0 Å². The van der Waals surface area contributed by atoms with Crippen molar-refractivity contribution in [2.45, 2.75) is 32.7 Å². The van der Waals surface area contributed by atoms with Crippen molar-refractivity contribution in [2.75, 3.05) is 0 Å². The molecule has 7 heavy (non-hydrogen) atoms. The molecule has 0 radical (unpaired) electrons. The van der Waals surface area contributed by atoms with Crippen molar-refractivity contribution in [2.24, 2.45) is 0 Å². The molecule has 0 saturated heterocycles. The number of hydrogen-bond acceptors (Lipinski definition) is 0. The van der Waals surface area contributed by atoms with Crippen LogP contribution in [-0.2, 0) is 0 Å². The Labute approximate surface area is 48.4 Å². The Bertz CT molecular complexity index is 66.7. The second kappa shape index (κ2) is 2.41. The van der Waals surface area contributed by atoms with Crippen LogP contribution >= 0.6 is 0 Å². The van der Waals surface area contributed by atoms with E-state index in [2.05, 4.69) is 33.4 Å². The standard InChI is InChI=1S/C6H14Si/c1-5-7-6(2,3)4/h5,7H,1-4H3. The second-order valence-corrected chi connectivity index (χ2v) is 5.60. The number of rotatable bonds is 0. The fourth-order valence-electron chi connectivity index (χ4n) is 0.500. The van der Waals surface area contributed by atoms with Crippen molar-refractivity contribution < 1.29 is 0 Å². The van der Waals surface area contributed by atoms with Gasteiger partial charge in [0.1, 0.15) is 0 Å². The first kappa shape index (κ1) is 7.09. The summed E-state index contributed by atoms with van der Waals surface area (Å²) in [5.74, 6) is 0. The molecule has 0 saturated carbocycles. The van der Waals surface area contributed by atoms with Gasteiger partial charge in [-0.2, -0.15) is 0 Å². The number of hydrogen-bond donors (Lipinski definition) is 0. The van der Waals surface area contributed by atoms with Crippen LogP contribution in [0.1, 0.15) is 27.7 Å². The lowest BCUT2D eigenvalue weighted by Crippen LogP contribution is -2.00. The molecule has 0 aliphatic heterocycles. The summed E-state index contributed by atoms with van der Waals surface area (Å²) in [4.78, 5) is 0. The first-order valence-corrected chi connectivity index (χ1v) is 3.94. The summed E-state index contributed by atoms with van der Waals surface area (Å²) >= 11 is 0. The molecule has 0 aromatic carbocycles. The molecule has 0 fully saturated rings. The highest BCUT2D eigenvalue weighted by Gasteiger charge is 2.01. The molecule has 0 bridgehead atoms. The topological polar surface area (TPSA) is 0 Å². The summed E-state index contributed by atoms with van der Waals surface area (Å²) in [7, 11) is 0.567.